The Labute approximate surface area is 112 Å². The molecule has 0 spiro atoms. The maximum absolute atomic E-state index is 11.4. The highest BCUT2D eigenvalue weighted by molar-refractivity contribution is 5.84. The highest BCUT2D eigenvalue weighted by Crippen LogP contribution is 2.22. The van der Waals surface area contributed by atoms with Crippen LogP contribution in [0, 0.1) is 0 Å². The number of aromatic nitrogens is 1. The van der Waals surface area contributed by atoms with E-state index in [1.807, 2.05) is 24.3 Å². The van der Waals surface area contributed by atoms with Crippen molar-refractivity contribution in [1.82, 2.24) is 9.88 Å². The number of fused-ring (bicyclic) bond motifs is 1. The van der Waals surface area contributed by atoms with Gasteiger partial charge in [-0.25, -0.2) is 0 Å². The summed E-state index contributed by atoms with van der Waals surface area (Å²) in [6, 6.07) is 9.19. The van der Waals surface area contributed by atoms with E-state index in [1.165, 1.54) is 32.0 Å². The molecule has 2 aromatic rings. The smallest absolute Gasteiger partial charge is 0.248 e. The first-order valence-electron chi connectivity index (χ1n) is 6.80. The highest BCUT2D eigenvalue weighted by atomic mass is 16.5. The van der Waals surface area contributed by atoms with Gasteiger partial charge in [0, 0.05) is 18.0 Å². The Bertz CT molecular complexity index is 615. The number of nitrogens with zero attached hydrogens (tertiary/aromatic N) is 1. The minimum absolute atomic E-state index is 0.0944. The lowest BCUT2D eigenvalue weighted by Crippen LogP contribution is -2.25. The molecule has 0 aliphatic carbocycles. The topological polar surface area (TPSA) is 45.3 Å². The van der Waals surface area contributed by atoms with Crippen molar-refractivity contribution in [2.45, 2.75) is 12.8 Å². The first-order chi connectivity index (χ1) is 9.33. The van der Waals surface area contributed by atoms with Crippen LogP contribution in [-0.2, 0) is 0 Å². The zero-order valence-electron chi connectivity index (χ0n) is 10.9. The third kappa shape index (κ3) is 2.79. The van der Waals surface area contributed by atoms with E-state index in [9.17, 15) is 4.79 Å². The second-order valence-electron chi connectivity index (χ2n) is 4.94. The molecule has 0 atom stereocenters. The lowest BCUT2D eigenvalue weighted by Gasteiger charge is -2.15. The van der Waals surface area contributed by atoms with E-state index in [1.54, 1.807) is 0 Å². The number of rotatable bonds is 4. The van der Waals surface area contributed by atoms with Crippen LogP contribution in [0.4, 0.5) is 0 Å². The summed E-state index contributed by atoms with van der Waals surface area (Å²) < 4.78 is 5.82. The van der Waals surface area contributed by atoms with Gasteiger partial charge >= 0.3 is 0 Å². The fourth-order valence-corrected chi connectivity index (χ4v) is 2.56. The lowest BCUT2D eigenvalue weighted by atomic mass is 10.2. The molecule has 0 saturated carbocycles. The van der Waals surface area contributed by atoms with Gasteiger partial charge in [-0.15, -0.1) is 0 Å². The minimum Gasteiger partial charge on any atom is -0.490 e. The predicted molar refractivity (Wildman–Crippen MR) is 75.7 cm³/mol. The van der Waals surface area contributed by atoms with E-state index in [-0.39, 0.29) is 5.56 Å². The predicted octanol–water partition coefficient (Wildman–Crippen LogP) is 2.00. The minimum atomic E-state index is -0.0944. The zero-order valence-corrected chi connectivity index (χ0v) is 10.9. The summed E-state index contributed by atoms with van der Waals surface area (Å²) in [6.45, 7) is 3.97. The average Bonchev–Trinajstić information content (AvgIpc) is 2.92. The molecule has 0 bridgehead atoms. The van der Waals surface area contributed by atoms with Crippen molar-refractivity contribution in [3.05, 3.63) is 40.7 Å². The van der Waals surface area contributed by atoms with Crippen LogP contribution in [0.3, 0.4) is 0 Å². The van der Waals surface area contributed by atoms with Crippen molar-refractivity contribution >= 4 is 10.9 Å². The van der Waals surface area contributed by atoms with Crippen LogP contribution in [0.2, 0.25) is 0 Å². The summed E-state index contributed by atoms with van der Waals surface area (Å²) in [5.41, 5.74) is 0.694. The Morgan fingerprint density at radius 3 is 2.84 bits per heavy atom. The van der Waals surface area contributed by atoms with Crippen LogP contribution in [0.1, 0.15) is 12.8 Å². The number of aromatic amines is 1. The molecule has 1 N–H and O–H groups in total. The molecule has 100 valence electrons. The third-order valence-electron chi connectivity index (χ3n) is 3.58. The molecule has 1 aromatic carbocycles. The number of hydrogen-bond donors (Lipinski definition) is 1. The molecule has 19 heavy (non-hydrogen) atoms. The van der Waals surface area contributed by atoms with Gasteiger partial charge in [-0.05, 0) is 38.1 Å². The maximum atomic E-state index is 11.4. The van der Waals surface area contributed by atoms with Crippen LogP contribution in [-0.4, -0.2) is 36.1 Å². The Balaban J connectivity index is 1.73. The van der Waals surface area contributed by atoms with Gasteiger partial charge in [0.05, 0.1) is 5.52 Å². The quantitative estimate of drug-likeness (QED) is 0.912. The first kappa shape index (κ1) is 12.2. The fraction of sp³-hybridized carbons (Fsp3) is 0.400. The van der Waals surface area contributed by atoms with E-state index in [0.29, 0.717) is 6.61 Å². The van der Waals surface area contributed by atoms with Crippen LogP contribution < -0.4 is 10.3 Å². The second-order valence-corrected chi connectivity index (χ2v) is 4.94. The standard InChI is InChI=1S/C15H18N2O2/c18-14-7-6-12-4-3-5-13(15(12)16-14)19-11-10-17-8-1-2-9-17/h3-7H,1-2,8-11H2,(H,16,18). The Hall–Kier alpha value is -1.81. The van der Waals surface area contributed by atoms with Gasteiger partial charge in [0.1, 0.15) is 12.4 Å². The molecule has 0 radical (unpaired) electrons. The van der Waals surface area contributed by atoms with Crippen molar-refractivity contribution in [1.29, 1.82) is 0 Å². The molecular formula is C15H18N2O2. The summed E-state index contributed by atoms with van der Waals surface area (Å²) in [5, 5.41) is 0.998. The Morgan fingerprint density at radius 1 is 1.16 bits per heavy atom. The highest BCUT2D eigenvalue weighted by Gasteiger charge is 2.11. The third-order valence-corrected chi connectivity index (χ3v) is 3.58. The van der Waals surface area contributed by atoms with Gasteiger partial charge in [0.25, 0.3) is 0 Å². The van der Waals surface area contributed by atoms with Crippen LogP contribution in [0.25, 0.3) is 10.9 Å². The first-order valence-corrected chi connectivity index (χ1v) is 6.80. The molecule has 1 aliphatic rings. The number of pyridine rings is 1. The number of benzene rings is 1. The van der Waals surface area contributed by atoms with Gasteiger partial charge < -0.3 is 9.72 Å². The van der Waals surface area contributed by atoms with Gasteiger partial charge in [-0.1, -0.05) is 12.1 Å². The maximum Gasteiger partial charge on any atom is 0.248 e. The fourth-order valence-electron chi connectivity index (χ4n) is 2.56. The molecule has 3 rings (SSSR count). The molecule has 2 heterocycles. The second kappa shape index (κ2) is 5.45. The molecular weight excluding hydrogens is 240 g/mol. The number of likely N-dealkylation sites (tertiary alicyclic amines) is 1. The van der Waals surface area contributed by atoms with Crippen molar-refractivity contribution in [3.63, 3.8) is 0 Å². The summed E-state index contributed by atoms with van der Waals surface area (Å²) in [7, 11) is 0. The molecule has 1 fully saturated rings. The number of H-pyrrole nitrogens is 1. The van der Waals surface area contributed by atoms with Crippen molar-refractivity contribution in [2.75, 3.05) is 26.2 Å². The normalized spacial score (nSPS) is 16.0. The summed E-state index contributed by atoms with van der Waals surface area (Å²) in [6.07, 6.45) is 2.59. The number of ether oxygens (including phenoxy) is 1. The number of nitrogens with one attached hydrogen (secondary N) is 1. The Morgan fingerprint density at radius 2 is 2.00 bits per heavy atom. The van der Waals surface area contributed by atoms with Crippen molar-refractivity contribution < 1.29 is 4.74 Å². The van der Waals surface area contributed by atoms with Gasteiger partial charge in [-0.2, -0.15) is 0 Å². The summed E-state index contributed by atoms with van der Waals surface area (Å²) >= 11 is 0. The molecule has 1 aliphatic heterocycles. The zero-order chi connectivity index (χ0) is 13.1. The van der Waals surface area contributed by atoms with Gasteiger partial charge in [0.15, 0.2) is 0 Å². The SMILES string of the molecule is O=c1ccc2cccc(OCCN3CCCC3)c2[nH]1. The lowest BCUT2D eigenvalue weighted by molar-refractivity contribution is 0.239. The molecule has 1 saturated heterocycles. The van der Waals surface area contributed by atoms with E-state index in [4.69, 9.17) is 4.74 Å². The largest absolute Gasteiger partial charge is 0.490 e. The molecule has 1 aromatic heterocycles. The van der Waals surface area contributed by atoms with Crippen LogP contribution >= 0.6 is 0 Å². The van der Waals surface area contributed by atoms with Crippen molar-refractivity contribution in [2.24, 2.45) is 0 Å². The van der Waals surface area contributed by atoms with Crippen LogP contribution in [0.5, 0.6) is 5.75 Å². The number of hydrogen-bond acceptors (Lipinski definition) is 3. The molecule has 0 unspecified atom stereocenters. The summed E-state index contributed by atoms with van der Waals surface area (Å²) in [5.74, 6) is 0.759. The molecule has 4 heteroatoms. The van der Waals surface area contributed by atoms with Crippen LogP contribution in [0.15, 0.2) is 35.1 Å². The van der Waals surface area contributed by atoms with E-state index in [2.05, 4.69) is 9.88 Å². The summed E-state index contributed by atoms with van der Waals surface area (Å²) in [4.78, 5) is 16.7. The number of para-hydroxylation sites is 1. The molecule has 0 amide bonds. The van der Waals surface area contributed by atoms with E-state index >= 15 is 0 Å². The Kier molecular flexibility index (Phi) is 3.51. The monoisotopic (exact) mass is 258 g/mol. The average molecular weight is 258 g/mol. The van der Waals surface area contributed by atoms with Gasteiger partial charge in [0.2, 0.25) is 5.56 Å². The van der Waals surface area contributed by atoms with Crippen molar-refractivity contribution in [3.8, 4) is 5.75 Å². The van der Waals surface area contributed by atoms with Gasteiger partial charge in [-0.3, -0.25) is 9.69 Å². The van der Waals surface area contributed by atoms with E-state index < -0.39 is 0 Å². The molecule has 4 nitrogen and oxygen atoms in total. The van der Waals surface area contributed by atoms with E-state index in [0.717, 1.165) is 23.2 Å².